The normalized spacial score (nSPS) is 23.7. The van der Waals surface area contributed by atoms with Gasteiger partial charge in [0, 0.05) is 11.7 Å². The zero-order valence-corrected chi connectivity index (χ0v) is 29.4. The second-order valence-corrected chi connectivity index (χ2v) is 16.0. The van der Waals surface area contributed by atoms with Crippen LogP contribution in [0, 0.1) is 31.1 Å². The molecule has 1 aromatic heterocycles. The van der Waals surface area contributed by atoms with E-state index in [1.807, 2.05) is 48.5 Å². The van der Waals surface area contributed by atoms with Crippen molar-refractivity contribution in [3.8, 4) is 0 Å². The number of amides is 3. The number of carbonyl (C=O) groups excluding carboxylic acids is 5. The maximum Gasteiger partial charge on any atom is 0.329 e. The number of ketones is 1. The van der Waals surface area contributed by atoms with Crippen LogP contribution in [0.25, 0.3) is 0 Å². The van der Waals surface area contributed by atoms with Crippen LogP contribution in [0.1, 0.15) is 145 Å². The molecular weight excluding hydrogens is 584 g/mol. The van der Waals surface area contributed by atoms with Gasteiger partial charge in [0.25, 0.3) is 5.91 Å². The minimum atomic E-state index is -0.934. The number of H-pyrrole nitrogens is 1. The fraction of sp³-hybridized carbons (Fsp3) is 0.750. The number of nitrogens with one attached hydrogen (secondary N) is 3. The van der Waals surface area contributed by atoms with Crippen molar-refractivity contribution in [1.29, 1.82) is 0 Å². The fourth-order valence-corrected chi connectivity index (χ4v) is 7.79. The summed E-state index contributed by atoms with van der Waals surface area (Å²) in [6, 6.07) is -2.62. The van der Waals surface area contributed by atoms with Gasteiger partial charge in [0.2, 0.25) is 11.8 Å². The molecular formula is C36H56N4O6. The second kappa shape index (κ2) is 13.9. The summed E-state index contributed by atoms with van der Waals surface area (Å²) in [4.78, 5) is 73.4. The van der Waals surface area contributed by atoms with Crippen LogP contribution in [0.4, 0.5) is 0 Å². The van der Waals surface area contributed by atoms with Crippen LogP contribution in [0.3, 0.4) is 0 Å². The molecule has 5 atom stereocenters. The Labute approximate surface area is 274 Å². The average Bonchev–Trinajstić information content (AvgIpc) is 3.50. The van der Waals surface area contributed by atoms with E-state index in [1.165, 1.54) is 6.92 Å². The van der Waals surface area contributed by atoms with E-state index in [9.17, 15) is 24.0 Å². The van der Waals surface area contributed by atoms with Crippen LogP contribution in [0.15, 0.2) is 0 Å². The zero-order valence-electron chi connectivity index (χ0n) is 29.4. The topological polar surface area (TPSA) is 138 Å². The number of ether oxygens (including phenoxy) is 1. The van der Waals surface area contributed by atoms with E-state index >= 15 is 0 Å². The number of fused-ring (bicyclic) bond motifs is 1. The molecule has 46 heavy (non-hydrogen) atoms. The molecule has 1 aromatic rings. The Morgan fingerprint density at radius 2 is 1.48 bits per heavy atom. The van der Waals surface area contributed by atoms with Crippen molar-refractivity contribution in [3.05, 3.63) is 22.5 Å². The summed E-state index contributed by atoms with van der Waals surface area (Å²) in [6.07, 6.45) is 8.87. The number of aromatic nitrogens is 1. The van der Waals surface area contributed by atoms with Gasteiger partial charge in [0.15, 0.2) is 5.78 Å². The smallest absolute Gasteiger partial charge is 0.329 e. The quantitative estimate of drug-likeness (QED) is 0.252. The highest BCUT2D eigenvalue weighted by Gasteiger charge is 2.52. The van der Waals surface area contributed by atoms with E-state index in [1.54, 1.807) is 11.8 Å². The zero-order chi connectivity index (χ0) is 34.1. The molecule has 10 nitrogen and oxygen atoms in total. The summed E-state index contributed by atoms with van der Waals surface area (Å²) < 4.78 is 5.80. The highest BCUT2D eigenvalue weighted by molar-refractivity contribution is 6.08. The molecule has 256 valence electrons. The Morgan fingerprint density at radius 3 is 2.07 bits per heavy atom. The van der Waals surface area contributed by atoms with Crippen molar-refractivity contribution in [2.45, 2.75) is 156 Å². The van der Waals surface area contributed by atoms with Gasteiger partial charge in [-0.15, -0.1) is 0 Å². The van der Waals surface area contributed by atoms with Gasteiger partial charge in [-0.3, -0.25) is 19.2 Å². The standard InChI is InChI=1S/C36H56N4O6/c1-20-21(2)37-29(27(20)22(3)41)32(43)38-28(23-15-11-10-12-16-23)31(42)39-30(35(4,5)6)33(44)40-25-18-14-13-17-24(25)19-26(40)34(45)46-36(7,8)9/h23-26,28,30,37H,10-19H2,1-9H3,(H,38,43)(H,39,42)/t24-,25-,26-,28-,30+/m0/s1. The number of aryl methyl sites for hydroxylation is 1. The maximum absolute atomic E-state index is 14.6. The monoisotopic (exact) mass is 640 g/mol. The van der Waals surface area contributed by atoms with Crippen molar-refractivity contribution >= 4 is 29.5 Å². The largest absolute Gasteiger partial charge is 0.458 e. The van der Waals surface area contributed by atoms with Crippen LogP contribution >= 0.6 is 0 Å². The minimum absolute atomic E-state index is 0.0845. The van der Waals surface area contributed by atoms with E-state index in [2.05, 4.69) is 15.6 Å². The van der Waals surface area contributed by atoms with E-state index in [0.29, 0.717) is 17.5 Å². The number of hydrogen-bond acceptors (Lipinski definition) is 6. The average molecular weight is 641 g/mol. The number of aromatic amines is 1. The van der Waals surface area contributed by atoms with Gasteiger partial charge in [-0.25, -0.2) is 4.79 Å². The molecule has 3 aliphatic rings. The lowest BCUT2D eigenvalue weighted by Crippen LogP contribution is -2.62. The molecule has 2 heterocycles. The Morgan fingerprint density at radius 1 is 0.870 bits per heavy atom. The lowest BCUT2D eigenvalue weighted by atomic mass is 9.81. The van der Waals surface area contributed by atoms with E-state index < -0.39 is 46.9 Å². The summed E-state index contributed by atoms with van der Waals surface area (Å²) >= 11 is 0. The van der Waals surface area contributed by atoms with Gasteiger partial charge in [-0.1, -0.05) is 52.9 Å². The highest BCUT2D eigenvalue weighted by Crippen LogP contribution is 2.42. The van der Waals surface area contributed by atoms with Gasteiger partial charge in [0.05, 0.1) is 5.56 Å². The third kappa shape index (κ3) is 7.85. The number of rotatable bonds is 8. The number of nitrogens with zero attached hydrogens (tertiary/aromatic N) is 1. The molecule has 3 fully saturated rings. The number of carbonyl (C=O) groups is 5. The third-order valence-electron chi connectivity index (χ3n) is 10.2. The van der Waals surface area contributed by atoms with Crippen molar-refractivity contribution in [3.63, 3.8) is 0 Å². The molecule has 2 aliphatic carbocycles. The van der Waals surface area contributed by atoms with Crippen LogP contribution in [-0.4, -0.2) is 69.1 Å². The second-order valence-electron chi connectivity index (χ2n) is 16.0. The van der Waals surface area contributed by atoms with Crippen molar-refractivity contribution in [2.75, 3.05) is 0 Å². The number of hydrogen-bond donors (Lipinski definition) is 3. The number of Topliss-reactive ketones (excluding diaryl/α,β-unsaturated/α-hetero) is 1. The molecule has 3 N–H and O–H groups in total. The molecule has 2 saturated carbocycles. The predicted molar refractivity (Wildman–Crippen MR) is 176 cm³/mol. The fourth-order valence-electron chi connectivity index (χ4n) is 7.79. The van der Waals surface area contributed by atoms with E-state index in [4.69, 9.17) is 4.74 Å². The van der Waals surface area contributed by atoms with Crippen LogP contribution in [0.2, 0.25) is 0 Å². The van der Waals surface area contributed by atoms with Gasteiger partial charge >= 0.3 is 5.97 Å². The SMILES string of the molecule is CC(=O)c1c(C(=O)N[C@H](C(=O)N[C@H](C(=O)N2[C@H](C(=O)OC(C)(C)C)C[C@@H]3CCCC[C@@H]32)C(C)(C)C)C2CCCCC2)[nH]c(C)c1C. The molecule has 0 radical (unpaired) electrons. The molecule has 1 saturated heterocycles. The Hall–Kier alpha value is -3.17. The van der Waals surface area contributed by atoms with Crippen LogP contribution < -0.4 is 10.6 Å². The summed E-state index contributed by atoms with van der Waals surface area (Å²) in [6.45, 7) is 16.2. The predicted octanol–water partition coefficient (Wildman–Crippen LogP) is 5.55. The minimum Gasteiger partial charge on any atom is -0.458 e. The number of likely N-dealkylation sites (tertiary alicyclic amines) is 1. The lowest BCUT2D eigenvalue weighted by molar-refractivity contribution is -0.165. The summed E-state index contributed by atoms with van der Waals surface area (Å²) in [5.41, 5.74) is 0.528. The van der Waals surface area contributed by atoms with E-state index in [-0.39, 0.29) is 35.3 Å². The number of esters is 1. The molecule has 0 spiro atoms. The summed E-state index contributed by atoms with van der Waals surface area (Å²) in [5, 5.41) is 6.04. The molecule has 0 unspecified atom stereocenters. The Bertz CT molecular complexity index is 1330. The maximum atomic E-state index is 14.6. The molecule has 4 rings (SSSR count). The van der Waals surface area contributed by atoms with Crippen LogP contribution in [0.5, 0.6) is 0 Å². The van der Waals surface area contributed by atoms with Gasteiger partial charge in [-0.2, -0.15) is 0 Å². The molecule has 1 aliphatic heterocycles. The first-order chi connectivity index (χ1) is 21.4. The van der Waals surface area contributed by atoms with E-state index in [0.717, 1.165) is 63.5 Å². The first kappa shape index (κ1) is 35.7. The Kier molecular flexibility index (Phi) is 10.8. The van der Waals surface area contributed by atoms with Gasteiger partial charge < -0.3 is 25.3 Å². The molecule has 3 amide bonds. The molecule has 0 bridgehead atoms. The lowest BCUT2D eigenvalue weighted by Gasteiger charge is -2.40. The third-order valence-corrected chi connectivity index (χ3v) is 10.2. The first-order valence-electron chi connectivity index (χ1n) is 17.3. The Balaban J connectivity index is 1.64. The van der Waals surface area contributed by atoms with Gasteiger partial charge in [-0.05, 0) is 96.5 Å². The van der Waals surface area contributed by atoms with Crippen molar-refractivity contribution in [1.82, 2.24) is 20.5 Å². The summed E-state index contributed by atoms with van der Waals surface area (Å²) in [7, 11) is 0. The summed E-state index contributed by atoms with van der Waals surface area (Å²) in [5.74, 6) is -1.75. The highest BCUT2D eigenvalue weighted by atomic mass is 16.6. The molecule has 10 heteroatoms. The molecule has 0 aromatic carbocycles. The van der Waals surface area contributed by atoms with Crippen LogP contribution in [-0.2, 0) is 19.1 Å². The van der Waals surface area contributed by atoms with Crippen molar-refractivity contribution in [2.24, 2.45) is 17.3 Å². The first-order valence-corrected chi connectivity index (χ1v) is 17.3. The van der Waals surface area contributed by atoms with Gasteiger partial charge in [0.1, 0.15) is 29.4 Å². The van der Waals surface area contributed by atoms with Crippen molar-refractivity contribution < 1.29 is 28.7 Å².